The molecule has 0 heterocycles. The van der Waals surface area contributed by atoms with Gasteiger partial charge >= 0.3 is 7.60 Å². The first kappa shape index (κ1) is 18.1. The fourth-order valence-electron chi connectivity index (χ4n) is 2.12. The first-order valence-electron chi connectivity index (χ1n) is 6.60. The van der Waals surface area contributed by atoms with Crippen LogP contribution in [0.4, 0.5) is 5.69 Å². The van der Waals surface area contributed by atoms with E-state index >= 15 is 0 Å². The minimum Gasteiger partial charge on any atom is -0.508 e. The predicted molar refractivity (Wildman–Crippen MR) is 92.6 cm³/mol. The van der Waals surface area contributed by atoms with Gasteiger partial charge in [-0.3, -0.25) is 4.57 Å². The van der Waals surface area contributed by atoms with Gasteiger partial charge in [-0.2, -0.15) is 0 Å². The van der Waals surface area contributed by atoms with Crippen LogP contribution in [0.15, 0.2) is 42.5 Å². The fraction of sp³-hybridized carbons (Fsp3) is 0.200. The van der Waals surface area contributed by atoms with Gasteiger partial charge in [-0.1, -0.05) is 35.3 Å². The molecule has 0 aromatic heterocycles. The Morgan fingerprint density at radius 3 is 2.22 bits per heavy atom. The topological polar surface area (TPSA) is 67.8 Å². The summed E-state index contributed by atoms with van der Waals surface area (Å²) in [4.78, 5) is 0. The molecule has 2 N–H and O–H groups in total. The Kier molecular flexibility index (Phi) is 5.95. The molecule has 2 rings (SSSR count). The normalized spacial score (nSPS) is 12.9. The van der Waals surface area contributed by atoms with E-state index in [1.165, 1.54) is 26.4 Å². The molecule has 8 heteroatoms. The van der Waals surface area contributed by atoms with Crippen LogP contribution in [0.2, 0.25) is 10.0 Å². The molecule has 0 saturated heterocycles. The Hall–Kier alpha value is -1.23. The van der Waals surface area contributed by atoms with Gasteiger partial charge in [0.15, 0.2) is 5.78 Å². The number of benzene rings is 2. The van der Waals surface area contributed by atoms with Gasteiger partial charge in [-0.15, -0.1) is 0 Å². The number of aromatic hydroxyl groups is 1. The van der Waals surface area contributed by atoms with Crippen molar-refractivity contribution >= 4 is 36.5 Å². The lowest BCUT2D eigenvalue weighted by atomic mass is 10.2. The van der Waals surface area contributed by atoms with Crippen LogP contribution < -0.4 is 5.32 Å². The maximum atomic E-state index is 12.9. The Labute approximate surface area is 144 Å². The van der Waals surface area contributed by atoms with Crippen molar-refractivity contribution in [3.8, 4) is 5.75 Å². The largest absolute Gasteiger partial charge is 0.508 e. The number of rotatable bonds is 6. The zero-order valence-corrected chi connectivity index (χ0v) is 14.9. The lowest BCUT2D eigenvalue weighted by Gasteiger charge is -2.26. The van der Waals surface area contributed by atoms with Crippen LogP contribution in [-0.4, -0.2) is 19.3 Å². The first-order chi connectivity index (χ1) is 10.9. The second-order valence-corrected chi connectivity index (χ2v) is 7.90. The van der Waals surface area contributed by atoms with Crippen molar-refractivity contribution in [1.29, 1.82) is 0 Å². The zero-order valence-electron chi connectivity index (χ0n) is 12.5. The monoisotopic (exact) mass is 375 g/mol. The molecule has 0 spiro atoms. The molecule has 0 amide bonds. The average Bonchev–Trinajstić information content (AvgIpc) is 2.51. The lowest BCUT2D eigenvalue weighted by molar-refractivity contribution is 0.268. The fourth-order valence-corrected chi connectivity index (χ4v) is 4.05. The summed E-state index contributed by atoms with van der Waals surface area (Å²) in [5.74, 6) is -0.809. The van der Waals surface area contributed by atoms with Gasteiger partial charge in [0, 0.05) is 30.0 Å². The number of phenols is 1. The number of hydrogen-bond acceptors (Lipinski definition) is 5. The summed E-state index contributed by atoms with van der Waals surface area (Å²) in [5, 5.41) is 13.6. The maximum Gasteiger partial charge on any atom is 0.356 e. The summed E-state index contributed by atoms with van der Waals surface area (Å²) in [7, 11) is -0.940. The molecule has 23 heavy (non-hydrogen) atoms. The molecule has 0 bridgehead atoms. The van der Waals surface area contributed by atoms with Gasteiger partial charge in [0.1, 0.15) is 5.75 Å². The third kappa shape index (κ3) is 4.40. The SMILES string of the molecule is COP(=O)(OC)[C@@H](Nc1cc(Cl)cc(Cl)c1)c1cccc(O)c1. The van der Waals surface area contributed by atoms with E-state index in [1.54, 1.807) is 30.3 Å². The molecule has 0 fully saturated rings. The average molecular weight is 376 g/mol. The molecule has 0 unspecified atom stereocenters. The van der Waals surface area contributed by atoms with Crippen molar-refractivity contribution < 1.29 is 18.7 Å². The summed E-state index contributed by atoms with van der Waals surface area (Å²) in [5.41, 5.74) is 1.08. The maximum absolute atomic E-state index is 12.9. The summed E-state index contributed by atoms with van der Waals surface area (Å²) in [6.07, 6.45) is 0. The standard InChI is InChI=1S/C15H16Cl2NO4P/c1-21-23(20,22-2)15(10-4-3-5-14(19)6-10)18-13-8-11(16)7-12(17)9-13/h3-9,15,18-19H,1-2H3/t15-/m1/s1. The second-order valence-electron chi connectivity index (χ2n) is 4.70. The Morgan fingerprint density at radius 2 is 1.70 bits per heavy atom. The molecule has 2 aromatic carbocycles. The van der Waals surface area contributed by atoms with Gasteiger partial charge in [0.25, 0.3) is 0 Å². The number of phenolic OH excluding ortho intramolecular Hbond substituents is 1. The molecule has 0 aliphatic rings. The molecular weight excluding hydrogens is 360 g/mol. The third-order valence-corrected chi connectivity index (χ3v) is 5.69. The Bertz CT molecular complexity index is 713. The quantitative estimate of drug-likeness (QED) is 0.670. The van der Waals surface area contributed by atoms with Crippen molar-refractivity contribution in [2.24, 2.45) is 0 Å². The molecule has 124 valence electrons. The van der Waals surface area contributed by atoms with E-state index in [9.17, 15) is 9.67 Å². The van der Waals surface area contributed by atoms with Crippen LogP contribution in [0.1, 0.15) is 11.3 Å². The lowest BCUT2D eigenvalue weighted by Crippen LogP contribution is -2.13. The highest BCUT2D eigenvalue weighted by Crippen LogP contribution is 2.60. The van der Waals surface area contributed by atoms with Crippen LogP contribution in [0.25, 0.3) is 0 Å². The smallest absolute Gasteiger partial charge is 0.356 e. The summed E-state index contributed by atoms with van der Waals surface area (Å²) in [6.45, 7) is 0. The van der Waals surface area contributed by atoms with E-state index < -0.39 is 13.4 Å². The van der Waals surface area contributed by atoms with Crippen molar-refractivity contribution in [1.82, 2.24) is 0 Å². The van der Waals surface area contributed by atoms with Crippen molar-refractivity contribution in [3.05, 3.63) is 58.1 Å². The van der Waals surface area contributed by atoms with Crippen molar-refractivity contribution in [3.63, 3.8) is 0 Å². The van der Waals surface area contributed by atoms with Crippen molar-refractivity contribution in [2.75, 3.05) is 19.5 Å². The number of anilines is 1. The van der Waals surface area contributed by atoms with Gasteiger partial charge < -0.3 is 19.5 Å². The van der Waals surface area contributed by atoms with Gasteiger partial charge in [-0.05, 0) is 35.9 Å². The van der Waals surface area contributed by atoms with E-state index in [0.29, 0.717) is 21.3 Å². The summed E-state index contributed by atoms with van der Waals surface area (Å²) >= 11 is 12.0. The molecule has 0 saturated carbocycles. The zero-order chi connectivity index (χ0) is 17.0. The molecule has 0 aliphatic carbocycles. The second kappa shape index (κ2) is 7.56. The summed E-state index contributed by atoms with van der Waals surface area (Å²) in [6, 6.07) is 11.2. The van der Waals surface area contributed by atoms with Gasteiger partial charge in [0.05, 0.1) is 0 Å². The predicted octanol–water partition coefficient (Wildman–Crippen LogP) is 5.30. The van der Waals surface area contributed by atoms with Gasteiger partial charge in [0.2, 0.25) is 0 Å². The van der Waals surface area contributed by atoms with Crippen LogP contribution in [0.3, 0.4) is 0 Å². The van der Waals surface area contributed by atoms with Crippen LogP contribution in [0, 0.1) is 0 Å². The minimum absolute atomic E-state index is 0.0391. The minimum atomic E-state index is -3.54. The van der Waals surface area contributed by atoms with E-state index in [2.05, 4.69) is 5.32 Å². The molecule has 5 nitrogen and oxygen atoms in total. The molecule has 0 radical (unpaired) electrons. The van der Waals surface area contributed by atoms with E-state index in [0.717, 1.165) is 0 Å². The highest BCUT2D eigenvalue weighted by atomic mass is 35.5. The molecule has 0 aliphatic heterocycles. The van der Waals surface area contributed by atoms with Crippen molar-refractivity contribution in [2.45, 2.75) is 5.78 Å². The number of hydrogen-bond donors (Lipinski definition) is 2. The first-order valence-corrected chi connectivity index (χ1v) is 8.97. The highest BCUT2D eigenvalue weighted by Gasteiger charge is 2.35. The van der Waals surface area contributed by atoms with Crippen LogP contribution in [0.5, 0.6) is 5.75 Å². The van der Waals surface area contributed by atoms with Gasteiger partial charge in [-0.25, -0.2) is 0 Å². The molecule has 1 atom stereocenters. The third-order valence-electron chi connectivity index (χ3n) is 3.18. The molecule has 2 aromatic rings. The van der Waals surface area contributed by atoms with Crippen LogP contribution in [-0.2, 0) is 13.6 Å². The summed E-state index contributed by atoms with van der Waals surface area (Å²) < 4.78 is 23.1. The van der Waals surface area contributed by atoms with E-state index in [-0.39, 0.29) is 5.75 Å². The number of halogens is 2. The Morgan fingerprint density at radius 1 is 1.09 bits per heavy atom. The van der Waals surface area contributed by atoms with E-state index in [1.807, 2.05) is 0 Å². The van der Waals surface area contributed by atoms with Crippen LogP contribution >= 0.6 is 30.8 Å². The Balaban J connectivity index is 2.47. The highest BCUT2D eigenvalue weighted by molar-refractivity contribution is 7.54. The number of nitrogens with one attached hydrogen (secondary N) is 1. The molecular formula is C15H16Cl2NO4P. The van der Waals surface area contributed by atoms with E-state index in [4.69, 9.17) is 32.2 Å².